The smallest absolute Gasteiger partial charge is 0.300 e. The van der Waals surface area contributed by atoms with Crippen LogP contribution in [0, 0.1) is 0 Å². The molecular formula is C9H8ClF3N4OS. The van der Waals surface area contributed by atoms with Gasteiger partial charge in [-0.15, -0.1) is 0 Å². The average Bonchev–Trinajstić information content (AvgIpc) is 2.85. The third-order valence-corrected chi connectivity index (χ3v) is 3.53. The maximum Gasteiger partial charge on any atom is 0.434 e. The van der Waals surface area contributed by atoms with Gasteiger partial charge in [0.15, 0.2) is 16.6 Å². The van der Waals surface area contributed by atoms with Crippen LogP contribution in [0.5, 0.6) is 0 Å². The number of amidine groups is 1. The van der Waals surface area contributed by atoms with Gasteiger partial charge in [-0.3, -0.25) is 19.8 Å². The number of nitrogens with zero attached hydrogens (tertiary/aromatic N) is 3. The van der Waals surface area contributed by atoms with Crippen molar-refractivity contribution in [2.45, 2.75) is 6.18 Å². The molecule has 1 N–H and O–H groups in total. The lowest BCUT2D eigenvalue weighted by Crippen LogP contribution is -2.28. The lowest BCUT2D eigenvalue weighted by molar-refractivity contribution is -0.143. The molecule has 1 amide bonds. The molecule has 104 valence electrons. The first-order valence-electron chi connectivity index (χ1n) is 5.09. The van der Waals surface area contributed by atoms with Crippen molar-refractivity contribution in [3.8, 4) is 0 Å². The minimum Gasteiger partial charge on any atom is -0.300 e. The predicted molar refractivity (Wildman–Crippen MR) is 65.4 cm³/mol. The summed E-state index contributed by atoms with van der Waals surface area (Å²) in [4.78, 5) is 15.7. The van der Waals surface area contributed by atoms with E-state index in [4.69, 9.17) is 11.6 Å². The minimum atomic E-state index is -4.67. The Hall–Kier alpha value is -1.22. The molecule has 1 aromatic heterocycles. The van der Waals surface area contributed by atoms with Crippen molar-refractivity contribution in [3.05, 3.63) is 16.4 Å². The first-order valence-corrected chi connectivity index (χ1v) is 6.45. The molecule has 2 heterocycles. The molecule has 0 radical (unpaired) electrons. The minimum absolute atomic E-state index is 0.361. The number of halogens is 4. The number of hydrogen-bond acceptors (Lipinski definition) is 4. The molecule has 19 heavy (non-hydrogen) atoms. The standard InChI is InChI=1S/C9H8ClF3N4OS/c1-17-6(9(11,12)13)4(10)5(16-17)7(18)15-8-14-2-3-19-8/h2-3H2,1H3,(H,14,15,18). The molecule has 0 aromatic carbocycles. The summed E-state index contributed by atoms with van der Waals surface area (Å²) in [6, 6.07) is 0. The molecule has 0 unspecified atom stereocenters. The monoisotopic (exact) mass is 312 g/mol. The molecule has 10 heteroatoms. The van der Waals surface area contributed by atoms with E-state index in [-0.39, 0.29) is 0 Å². The quantitative estimate of drug-likeness (QED) is 0.862. The molecule has 5 nitrogen and oxygen atoms in total. The average molecular weight is 313 g/mol. The molecule has 0 saturated heterocycles. The van der Waals surface area contributed by atoms with Crippen LogP contribution in [0.1, 0.15) is 16.2 Å². The number of aryl methyl sites for hydroxylation is 1. The largest absolute Gasteiger partial charge is 0.434 e. The van der Waals surface area contributed by atoms with Crippen LogP contribution in [0.25, 0.3) is 0 Å². The first-order chi connectivity index (χ1) is 8.80. The topological polar surface area (TPSA) is 59.3 Å². The summed E-state index contributed by atoms with van der Waals surface area (Å²) in [6.07, 6.45) is -4.67. The van der Waals surface area contributed by atoms with Crippen molar-refractivity contribution in [1.29, 1.82) is 0 Å². The number of rotatable bonds is 1. The van der Waals surface area contributed by atoms with Crippen LogP contribution in [-0.4, -0.2) is 33.2 Å². The molecule has 0 spiro atoms. The Kier molecular flexibility index (Phi) is 3.77. The Labute approximate surface area is 115 Å². The van der Waals surface area contributed by atoms with Crippen LogP contribution in [0.4, 0.5) is 13.2 Å². The van der Waals surface area contributed by atoms with Gasteiger partial charge in [-0.05, 0) is 0 Å². The summed E-state index contributed by atoms with van der Waals surface area (Å²) < 4.78 is 38.6. The van der Waals surface area contributed by atoms with E-state index < -0.39 is 28.5 Å². The van der Waals surface area contributed by atoms with Gasteiger partial charge in [0.05, 0.1) is 6.54 Å². The van der Waals surface area contributed by atoms with E-state index >= 15 is 0 Å². The molecule has 1 aliphatic heterocycles. The van der Waals surface area contributed by atoms with Gasteiger partial charge < -0.3 is 0 Å². The number of hydrogen-bond donors (Lipinski definition) is 1. The van der Waals surface area contributed by atoms with Crippen LogP contribution < -0.4 is 5.32 Å². The molecule has 1 aromatic rings. The van der Waals surface area contributed by atoms with Gasteiger partial charge >= 0.3 is 6.18 Å². The van der Waals surface area contributed by atoms with Crippen molar-refractivity contribution in [1.82, 2.24) is 15.1 Å². The summed E-state index contributed by atoms with van der Waals surface area (Å²) in [5.41, 5.74) is -1.62. The predicted octanol–water partition coefficient (Wildman–Crippen LogP) is 1.92. The number of alkyl halides is 3. The molecule has 0 aliphatic carbocycles. The highest BCUT2D eigenvalue weighted by Gasteiger charge is 2.40. The van der Waals surface area contributed by atoms with E-state index in [1.54, 1.807) is 0 Å². The Morgan fingerprint density at radius 3 is 2.68 bits per heavy atom. The number of carbonyl (C=O) groups is 1. The summed E-state index contributed by atoms with van der Waals surface area (Å²) in [7, 11) is 1.08. The SMILES string of the molecule is Cn1nc(C(=O)NC2=NCCS2)c(Cl)c1C(F)(F)F. The van der Waals surface area contributed by atoms with Crippen molar-refractivity contribution >= 4 is 34.4 Å². The first kappa shape index (κ1) is 14.2. The van der Waals surface area contributed by atoms with Crippen LogP contribution in [0.3, 0.4) is 0 Å². The molecule has 2 rings (SSSR count). The second-order valence-corrected chi connectivity index (χ2v) is 5.08. The zero-order valence-corrected chi connectivity index (χ0v) is 11.2. The van der Waals surface area contributed by atoms with Crippen LogP contribution >= 0.6 is 23.4 Å². The highest BCUT2D eigenvalue weighted by atomic mass is 35.5. The van der Waals surface area contributed by atoms with E-state index in [9.17, 15) is 18.0 Å². The summed E-state index contributed by atoms with van der Waals surface area (Å²) in [5.74, 6) is -0.0800. The van der Waals surface area contributed by atoms with Gasteiger partial charge in [0.1, 0.15) is 5.02 Å². The van der Waals surface area contributed by atoms with Gasteiger partial charge in [-0.2, -0.15) is 18.3 Å². The van der Waals surface area contributed by atoms with Crippen LogP contribution in [0.2, 0.25) is 5.02 Å². The normalized spacial score (nSPS) is 15.5. The maximum absolute atomic E-state index is 12.7. The number of aliphatic imine (C=N–C) groups is 1. The van der Waals surface area contributed by atoms with Crippen LogP contribution in [-0.2, 0) is 13.2 Å². The Bertz CT molecular complexity index is 554. The van der Waals surface area contributed by atoms with Gasteiger partial charge in [0.2, 0.25) is 0 Å². The van der Waals surface area contributed by atoms with Gasteiger partial charge in [0, 0.05) is 12.8 Å². The Morgan fingerprint density at radius 2 is 2.21 bits per heavy atom. The number of carbonyl (C=O) groups excluding carboxylic acids is 1. The number of nitrogens with one attached hydrogen (secondary N) is 1. The summed E-state index contributed by atoms with van der Waals surface area (Å²) in [5, 5.41) is 5.53. The lowest BCUT2D eigenvalue weighted by Gasteiger charge is -2.06. The molecule has 0 bridgehead atoms. The van der Waals surface area contributed by atoms with Crippen LogP contribution in [0.15, 0.2) is 4.99 Å². The van der Waals surface area contributed by atoms with Crippen molar-refractivity contribution in [3.63, 3.8) is 0 Å². The van der Waals surface area contributed by atoms with E-state index in [1.165, 1.54) is 11.8 Å². The fraction of sp³-hybridized carbons (Fsp3) is 0.444. The van der Waals surface area contributed by atoms with Crippen molar-refractivity contribution < 1.29 is 18.0 Å². The van der Waals surface area contributed by atoms with Gasteiger partial charge in [-0.25, -0.2) is 0 Å². The molecule has 0 saturated carbocycles. The number of aromatic nitrogens is 2. The van der Waals surface area contributed by atoms with Crippen molar-refractivity contribution in [2.75, 3.05) is 12.3 Å². The van der Waals surface area contributed by atoms with E-state index in [1.807, 2.05) is 0 Å². The molecule has 1 aliphatic rings. The van der Waals surface area contributed by atoms with Gasteiger partial charge in [-0.1, -0.05) is 23.4 Å². The second kappa shape index (κ2) is 5.04. The Morgan fingerprint density at radius 1 is 1.53 bits per heavy atom. The van der Waals surface area contributed by atoms with Crippen molar-refractivity contribution in [2.24, 2.45) is 12.0 Å². The number of thioether (sulfide) groups is 1. The van der Waals surface area contributed by atoms with E-state index in [0.717, 1.165) is 12.8 Å². The second-order valence-electron chi connectivity index (χ2n) is 3.62. The van der Waals surface area contributed by atoms with E-state index in [2.05, 4.69) is 15.4 Å². The third-order valence-electron chi connectivity index (χ3n) is 2.28. The fourth-order valence-corrected chi connectivity index (χ4v) is 2.59. The summed E-state index contributed by atoms with van der Waals surface area (Å²) >= 11 is 6.89. The maximum atomic E-state index is 12.7. The Balaban J connectivity index is 2.28. The van der Waals surface area contributed by atoms with E-state index in [0.29, 0.717) is 16.4 Å². The molecular weight excluding hydrogens is 305 g/mol. The molecule has 0 atom stereocenters. The summed E-state index contributed by atoms with van der Waals surface area (Å²) in [6.45, 7) is 0.560. The molecule has 0 fully saturated rings. The third kappa shape index (κ3) is 2.86. The zero-order valence-electron chi connectivity index (χ0n) is 9.58. The zero-order chi connectivity index (χ0) is 14.2. The highest BCUT2D eigenvalue weighted by Crippen LogP contribution is 2.35. The number of amides is 1. The highest BCUT2D eigenvalue weighted by molar-refractivity contribution is 8.14. The van der Waals surface area contributed by atoms with Gasteiger partial charge in [0.25, 0.3) is 5.91 Å². The lowest BCUT2D eigenvalue weighted by atomic mass is 10.3. The fourth-order valence-electron chi connectivity index (χ4n) is 1.52.